The maximum atomic E-state index is 13.1. The molecule has 4 aliphatic rings. The van der Waals surface area contributed by atoms with Crippen molar-refractivity contribution >= 4 is 17.8 Å². The van der Waals surface area contributed by atoms with Gasteiger partial charge in [0.2, 0.25) is 5.91 Å². The summed E-state index contributed by atoms with van der Waals surface area (Å²) in [4.78, 5) is 27.1. The largest absolute Gasteiger partial charge is 0.352 e. The number of hydrogen-bond donors (Lipinski definition) is 0. The minimum Gasteiger partial charge on any atom is -0.352 e. The summed E-state index contributed by atoms with van der Waals surface area (Å²) in [6.07, 6.45) is 13.4. The van der Waals surface area contributed by atoms with Crippen molar-refractivity contribution < 1.29 is 4.79 Å². The van der Waals surface area contributed by atoms with Crippen molar-refractivity contribution in [2.75, 3.05) is 24.5 Å². The number of amides is 1. The molecule has 1 amide bonds. The first-order valence-corrected chi connectivity index (χ1v) is 13.4. The second kappa shape index (κ2) is 9.20. The molecule has 6 nitrogen and oxygen atoms in total. The van der Waals surface area contributed by atoms with Crippen LogP contribution in [0.5, 0.6) is 0 Å². The van der Waals surface area contributed by atoms with Crippen LogP contribution in [0.4, 0.5) is 5.82 Å². The summed E-state index contributed by atoms with van der Waals surface area (Å²) in [5.41, 5.74) is 6.97. The Morgan fingerprint density at radius 2 is 2.03 bits per heavy atom. The highest BCUT2D eigenvalue weighted by atomic mass is 16.2. The average molecular weight is 480 g/mol. The lowest BCUT2D eigenvalue weighted by Gasteiger charge is -2.42. The van der Waals surface area contributed by atoms with Gasteiger partial charge >= 0.3 is 0 Å². The lowest BCUT2D eigenvalue weighted by atomic mass is 9.91. The fraction of sp³-hybridized carbons (Fsp3) is 0.467. The molecule has 36 heavy (non-hydrogen) atoms. The predicted octanol–water partition coefficient (Wildman–Crippen LogP) is 5.38. The van der Waals surface area contributed by atoms with Crippen LogP contribution < -0.4 is 4.90 Å². The number of allylic oxidation sites excluding steroid dienone is 1. The third kappa shape index (κ3) is 4.21. The Labute approximate surface area is 213 Å². The first kappa shape index (κ1) is 23.0. The molecule has 2 aromatic heterocycles. The molecule has 3 heterocycles. The number of carbonyl (C=O) groups excluding carboxylic acids is 1. The fourth-order valence-electron chi connectivity index (χ4n) is 5.75. The summed E-state index contributed by atoms with van der Waals surface area (Å²) >= 11 is 0. The number of anilines is 1. The molecule has 6 rings (SSSR count). The number of hydrogen-bond acceptors (Lipinski definition) is 5. The number of rotatable bonds is 6. The molecule has 0 N–H and O–H groups in total. The SMILES string of the molecule is C=Cc1cc(-c2c(C3CC3)nc(N3CCN(C(=O)C=C4CCC4)[C@H](C4CC4)C3)c(C#N)c2C)ccn1. The average Bonchev–Trinajstić information content (AvgIpc) is 3.78. The highest BCUT2D eigenvalue weighted by Gasteiger charge is 2.42. The minimum atomic E-state index is 0.177. The molecule has 0 unspecified atom stereocenters. The van der Waals surface area contributed by atoms with Gasteiger partial charge < -0.3 is 9.80 Å². The summed E-state index contributed by atoms with van der Waals surface area (Å²) in [6.45, 7) is 8.06. The van der Waals surface area contributed by atoms with Gasteiger partial charge in [0.25, 0.3) is 0 Å². The van der Waals surface area contributed by atoms with Gasteiger partial charge in [0.05, 0.1) is 23.0 Å². The van der Waals surface area contributed by atoms with Crippen molar-refractivity contribution in [3.8, 4) is 17.2 Å². The van der Waals surface area contributed by atoms with E-state index in [2.05, 4.69) is 34.4 Å². The van der Waals surface area contributed by atoms with E-state index >= 15 is 0 Å². The summed E-state index contributed by atoms with van der Waals surface area (Å²) < 4.78 is 0. The molecule has 2 aromatic rings. The van der Waals surface area contributed by atoms with E-state index in [0.717, 1.165) is 66.1 Å². The smallest absolute Gasteiger partial charge is 0.246 e. The standard InChI is InChI=1S/C30H33N5O/c1-3-24-16-23(11-12-32-24)28-19(2)25(17-31)30(33-29(28)22-9-10-22)34-13-14-35(26(18-34)21-7-8-21)27(36)15-20-5-4-6-20/h3,11-12,15-16,21-22,26H,1,4-10,13-14,18H2,2H3/t26-/m0/s1. The quantitative estimate of drug-likeness (QED) is 0.520. The lowest BCUT2D eigenvalue weighted by Crippen LogP contribution is -2.56. The number of nitrogens with zero attached hydrogens (tertiary/aromatic N) is 5. The molecular weight excluding hydrogens is 446 g/mol. The Morgan fingerprint density at radius 3 is 2.67 bits per heavy atom. The van der Waals surface area contributed by atoms with Gasteiger partial charge in [-0.2, -0.15) is 5.26 Å². The van der Waals surface area contributed by atoms with E-state index < -0.39 is 0 Å². The maximum Gasteiger partial charge on any atom is 0.246 e. The van der Waals surface area contributed by atoms with Crippen LogP contribution in [0.2, 0.25) is 0 Å². The van der Waals surface area contributed by atoms with Crippen molar-refractivity contribution in [1.29, 1.82) is 5.26 Å². The first-order chi connectivity index (χ1) is 17.6. The molecule has 0 aromatic carbocycles. The van der Waals surface area contributed by atoms with Gasteiger partial charge in [-0.1, -0.05) is 12.2 Å². The van der Waals surface area contributed by atoms with Crippen LogP contribution in [0.3, 0.4) is 0 Å². The molecule has 0 spiro atoms. The Hall–Kier alpha value is -3.46. The highest BCUT2D eigenvalue weighted by molar-refractivity contribution is 5.89. The zero-order valence-electron chi connectivity index (χ0n) is 21.0. The van der Waals surface area contributed by atoms with Gasteiger partial charge in [-0.15, -0.1) is 0 Å². The monoisotopic (exact) mass is 479 g/mol. The summed E-state index contributed by atoms with van der Waals surface area (Å²) in [7, 11) is 0. The molecule has 3 aliphatic carbocycles. The van der Waals surface area contributed by atoms with Gasteiger partial charge in [0.1, 0.15) is 11.9 Å². The van der Waals surface area contributed by atoms with Crippen LogP contribution in [-0.2, 0) is 4.79 Å². The molecule has 3 saturated carbocycles. The van der Waals surface area contributed by atoms with Gasteiger partial charge in [-0.05, 0) is 87.1 Å². The van der Waals surface area contributed by atoms with E-state index in [1.165, 1.54) is 24.8 Å². The number of nitriles is 1. The first-order valence-electron chi connectivity index (χ1n) is 13.4. The van der Waals surface area contributed by atoms with Gasteiger partial charge in [-0.25, -0.2) is 4.98 Å². The van der Waals surface area contributed by atoms with Gasteiger partial charge in [-0.3, -0.25) is 9.78 Å². The van der Waals surface area contributed by atoms with Crippen molar-refractivity contribution in [3.05, 3.63) is 59.1 Å². The van der Waals surface area contributed by atoms with Gasteiger partial charge in [0.15, 0.2) is 0 Å². The Balaban J connectivity index is 1.36. The number of carbonyl (C=O) groups is 1. The fourth-order valence-corrected chi connectivity index (χ4v) is 5.75. The van der Waals surface area contributed by atoms with Gasteiger partial charge in [0, 0.05) is 43.4 Å². The van der Waals surface area contributed by atoms with E-state index in [0.29, 0.717) is 30.5 Å². The van der Waals surface area contributed by atoms with Crippen LogP contribution in [0.25, 0.3) is 17.2 Å². The zero-order valence-corrected chi connectivity index (χ0v) is 21.0. The summed E-state index contributed by atoms with van der Waals surface area (Å²) in [5, 5.41) is 10.3. The predicted molar refractivity (Wildman–Crippen MR) is 141 cm³/mol. The molecular formula is C30H33N5O. The lowest BCUT2D eigenvalue weighted by molar-refractivity contribution is -0.129. The minimum absolute atomic E-state index is 0.177. The highest BCUT2D eigenvalue weighted by Crippen LogP contribution is 2.47. The number of aromatic nitrogens is 2. The third-order valence-corrected chi connectivity index (χ3v) is 8.30. The second-order valence-electron chi connectivity index (χ2n) is 10.8. The van der Waals surface area contributed by atoms with E-state index in [4.69, 9.17) is 4.98 Å². The van der Waals surface area contributed by atoms with E-state index in [9.17, 15) is 10.1 Å². The van der Waals surface area contributed by atoms with Crippen LogP contribution >= 0.6 is 0 Å². The zero-order chi connectivity index (χ0) is 24.8. The summed E-state index contributed by atoms with van der Waals surface area (Å²) in [5.74, 6) is 1.96. The normalized spacial score (nSPS) is 21.6. The van der Waals surface area contributed by atoms with Crippen LogP contribution in [-0.4, -0.2) is 46.5 Å². The Morgan fingerprint density at radius 1 is 1.22 bits per heavy atom. The third-order valence-electron chi connectivity index (χ3n) is 8.30. The molecule has 6 heteroatoms. The molecule has 4 fully saturated rings. The van der Waals surface area contributed by atoms with Crippen LogP contribution in [0.1, 0.15) is 73.4 Å². The van der Waals surface area contributed by atoms with E-state index in [1.807, 2.05) is 18.2 Å². The summed E-state index contributed by atoms with van der Waals surface area (Å²) in [6, 6.07) is 6.73. The van der Waals surface area contributed by atoms with Crippen LogP contribution in [0, 0.1) is 24.2 Å². The number of piperazine rings is 1. The molecule has 184 valence electrons. The van der Waals surface area contributed by atoms with Crippen molar-refractivity contribution in [2.45, 2.75) is 63.8 Å². The van der Waals surface area contributed by atoms with E-state index in [-0.39, 0.29) is 11.9 Å². The molecule has 0 radical (unpaired) electrons. The van der Waals surface area contributed by atoms with Crippen molar-refractivity contribution in [3.63, 3.8) is 0 Å². The number of pyridine rings is 2. The Bertz CT molecular complexity index is 1290. The second-order valence-corrected chi connectivity index (χ2v) is 10.8. The molecule has 1 atom stereocenters. The van der Waals surface area contributed by atoms with Crippen molar-refractivity contribution in [1.82, 2.24) is 14.9 Å². The van der Waals surface area contributed by atoms with E-state index in [1.54, 1.807) is 12.3 Å². The maximum absolute atomic E-state index is 13.1. The Kier molecular flexibility index (Phi) is 5.87. The van der Waals surface area contributed by atoms with Crippen LogP contribution in [0.15, 0.2) is 36.6 Å². The topological polar surface area (TPSA) is 73.1 Å². The molecule has 1 aliphatic heterocycles. The molecule has 1 saturated heterocycles. The molecule has 0 bridgehead atoms. The van der Waals surface area contributed by atoms with Crippen molar-refractivity contribution in [2.24, 2.45) is 5.92 Å².